The predicted octanol–water partition coefficient (Wildman–Crippen LogP) is 2.71. The van der Waals surface area contributed by atoms with Gasteiger partial charge in [-0.05, 0) is 24.5 Å². The van der Waals surface area contributed by atoms with Gasteiger partial charge in [-0.25, -0.2) is 0 Å². The van der Waals surface area contributed by atoms with Crippen LogP contribution >= 0.6 is 0 Å². The standard InChI is InChI=1S/C20H34N4O/c1-5-6-10-23(4)20(21-3)22-14-18-8-7-9-19(13-18)16-24-11-12-25-17(2)15-24/h7-9,13,17H,5-6,10-12,14-16H2,1-4H3,(H,21,22). The molecule has 25 heavy (non-hydrogen) atoms. The number of nitrogens with one attached hydrogen (secondary N) is 1. The largest absolute Gasteiger partial charge is 0.376 e. The third kappa shape index (κ3) is 6.67. The zero-order valence-electron chi connectivity index (χ0n) is 16.3. The molecule has 1 N–H and O–H groups in total. The van der Waals surface area contributed by atoms with Crippen molar-refractivity contribution in [1.82, 2.24) is 15.1 Å². The van der Waals surface area contributed by atoms with Crippen LogP contribution in [0.25, 0.3) is 0 Å². The molecule has 1 aliphatic heterocycles. The zero-order chi connectivity index (χ0) is 18.1. The molecule has 140 valence electrons. The van der Waals surface area contributed by atoms with Crippen LogP contribution in [0.15, 0.2) is 29.3 Å². The Morgan fingerprint density at radius 3 is 2.92 bits per heavy atom. The van der Waals surface area contributed by atoms with E-state index in [0.29, 0.717) is 6.10 Å². The molecule has 1 unspecified atom stereocenters. The van der Waals surface area contributed by atoms with Crippen molar-refractivity contribution in [3.05, 3.63) is 35.4 Å². The number of aliphatic imine (C=N–C) groups is 1. The minimum Gasteiger partial charge on any atom is -0.376 e. The maximum atomic E-state index is 5.63. The Morgan fingerprint density at radius 1 is 1.40 bits per heavy atom. The molecule has 0 bridgehead atoms. The van der Waals surface area contributed by atoms with Gasteiger partial charge >= 0.3 is 0 Å². The van der Waals surface area contributed by atoms with Crippen LogP contribution in [0.3, 0.4) is 0 Å². The first kappa shape index (κ1) is 19.7. The van der Waals surface area contributed by atoms with E-state index in [1.807, 2.05) is 7.05 Å². The summed E-state index contributed by atoms with van der Waals surface area (Å²) in [6.07, 6.45) is 2.72. The van der Waals surface area contributed by atoms with Crippen molar-refractivity contribution < 1.29 is 4.74 Å². The molecule has 5 nitrogen and oxygen atoms in total. The van der Waals surface area contributed by atoms with E-state index in [2.05, 4.69) is 65.3 Å². The molecule has 5 heteroatoms. The van der Waals surface area contributed by atoms with Crippen LogP contribution in [0, 0.1) is 0 Å². The Bertz CT molecular complexity index is 546. The Labute approximate surface area is 153 Å². The normalized spacial score (nSPS) is 19.0. The van der Waals surface area contributed by atoms with E-state index >= 15 is 0 Å². The van der Waals surface area contributed by atoms with E-state index < -0.39 is 0 Å². The number of guanidine groups is 1. The monoisotopic (exact) mass is 346 g/mol. The minimum absolute atomic E-state index is 0.334. The Morgan fingerprint density at radius 2 is 2.20 bits per heavy atom. The molecule has 1 saturated heterocycles. The van der Waals surface area contributed by atoms with Crippen LogP contribution in [0.5, 0.6) is 0 Å². The van der Waals surface area contributed by atoms with E-state index in [1.54, 1.807) is 0 Å². The van der Waals surface area contributed by atoms with Crippen molar-refractivity contribution in [3.63, 3.8) is 0 Å². The third-order valence-electron chi connectivity index (χ3n) is 4.59. The second kappa shape index (κ2) is 10.4. The lowest BCUT2D eigenvalue weighted by molar-refractivity contribution is -0.0212. The predicted molar refractivity (Wildman–Crippen MR) is 105 cm³/mol. The topological polar surface area (TPSA) is 40.1 Å². The fraction of sp³-hybridized carbons (Fsp3) is 0.650. The molecule has 1 aliphatic rings. The summed E-state index contributed by atoms with van der Waals surface area (Å²) in [7, 11) is 3.95. The number of rotatable bonds is 7. The van der Waals surface area contributed by atoms with E-state index in [1.165, 1.54) is 24.0 Å². The highest BCUT2D eigenvalue weighted by Gasteiger charge is 2.16. The average molecular weight is 347 g/mol. The summed E-state index contributed by atoms with van der Waals surface area (Å²) in [6, 6.07) is 8.84. The summed E-state index contributed by atoms with van der Waals surface area (Å²) in [4.78, 5) is 9.06. The van der Waals surface area contributed by atoms with Crippen LogP contribution in [0.1, 0.15) is 37.8 Å². The minimum atomic E-state index is 0.334. The van der Waals surface area contributed by atoms with Gasteiger partial charge in [0.15, 0.2) is 5.96 Å². The number of unbranched alkanes of at least 4 members (excludes halogenated alkanes) is 1. The first-order valence-corrected chi connectivity index (χ1v) is 9.46. The summed E-state index contributed by atoms with van der Waals surface area (Å²) in [6.45, 7) is 10.0. The van der Waals surface area contributed by atoms with Crippen LogP contribution in [-0.2, 0) is 17.8 Å². The van der Waals surface area contributed by atoms with Crippen molar-refractivity contribution in [2.24, 2.45) is 4.99 Å². The fourth-order valence-electron chi connectivity index (χ4n) is 3.20. The summed E-state index contributed by atoms with van der Waals surface area (Å²) in [5, 5.41) is 3.47. The maximum Gasteiger partial charge on any atom is 0.193 e. The second-order valence-electron chi connectivity index (χ2n) is 6.91. The molecule has 0 aromatic heterocycles. The van der Waals surface area contributed by atoms with Gasteiger partial charge in [0.25, 0.3) is 0 Å². The molecule has 0 spiro atoms. The molecule has 1 fully saturated rings. The number of morpholine rings is 1. The molecule has 1 heterocycles. The van der Waals surface area contributed by atoms with Gasteiger partial charge in [0.05, 0.1) is 12.7 Å². The molecular weight excluding hydrogens is 312 g/mol. The van der Waals surface area contributed by atoms with Gasteiger partial charge in [-0.1, -0.05) is 37.6 Å². The number of benzene rings is 1. The van der Waals surface area contributed by atoms with Crippen molar-refractivity contribution in [2.45, 2.75) is 45.9 Å². The maximum absolute atomic E-state index is 5.63. The van der Waals surface area contributed by atoms with Crippen molar-refractivity contribution in [2.75, 3.05) is 40.3 Å². The number of hydrogen-bond donors (Lipinski definition) is 1. The first-order valence-electron chi connectivity index (χ1n) is 9.46. The average Bonchev–Trinajstić information content (AvgIpc) is 2.61. The summed E-state index contributed by atoms with van der Waals surface area (Å²) in [5.41, 5.74) is 2.66. The summed E-state index contributed by atoms with van der Waals surface area (Å²) in [5.74, 6) is 0.959. The van der Waals surface area contributed by atoms with Crippen LogP contribution < -0.4 is 5.32 Å². The summed E-state index contributed by atoms with van der Waals surface area (Å²) >= 11 is 0. The lowest BCUT2D eigenvalue weighted by atomic mass is 10.1. The van der Waals surface area contributed by atoms with E-state index in [-0.39, 0.29) is 0 Å². The first-order chi connectivity index (χ1) is 12.1. The highest BCUT2D eigenvalue weighted by atomic mass is 16.5. The Hall–Kier alpha value is -1.59. The third-order valence-corrected chi connectivity index (χ3v) is 4.59. The summed E-state index contributed by atoms with van der Waals surface area (Å²) < 4.78 is 5.63. The van der Waals surface area contributed by atoms with Gasteiger partial charge < -0.3 is 15.0 Å². The molecule has 0 radical (unpaired) electrons. The van der Waals surface area contributed by atoms with Gasteiger partial charge in [-0.3, -0.25) is 9.89 Å². The number of nitrogens with zero attached hydrogens (tertiary/aromatic N) is 3. The van der Waals surface area contributed by atoms with Crippen molar-refractivity contribution in [1.29, 1.82) is 0 Å². The number of hydrogen-bond acceptors (Lipinski definition) is 3. The quantitative estimate of drug-likeness (QED) is 0.609. The molecule has 0 amide bonds. The fourth-order valence-corrected chi connectivity index (χ4v) is 3.20. The van der Waals surface area contributed by atoms with Crippen LogP contribution in [-0.4, -0.2) is 62.2 Å². The van der Waals surface area contributed by atoms with Crippen molar-refractivity contribution in [3.8, 4) is 0 Å². The molecule has 1 aromatic rings. The Balaban J connectivity index is 1.88. The van der Waals surface area contributed by atoms with E-state index in [0.717, 1.165) is 45.3 Å². The zero-order valence-corrected chi connectivity index (χ0v) is 16.3. The lowest BCUT2D eigenvalue weighted by Gasteiger charge is -2.31. The SMILES string of the molecule is CCCCN(C)C(=NC)NCc1cccc(CN2CCOC(C)C2)c1. The lowest BCUT2D eigenvalue weighted by Crippen LogP contribution is -2.40. The van der Waals surface area contributed by atoms with Crippen LogP contribution in [0.2, 0.25) is 0 Å². The highest BCUT2D eigenvalue weighted by molar-refractivity contribution is 5.79. The smallest absolute Gasteiger partial charge is 0.193 e. The van der Waals surface area contributed by atoms with Gasteiger partial charge in [-0.2, -0.15) is 0 Å². The molecular formula is C20H34N4O. The Kier molecular flexibility index (Phi) is 8.22. The van der Waals surface area contributed by atoms with E-state index in [4.69, 9.17) is 4.74 Å². The molecule has 0 saturated carbocycles. The van der Waals surface area contributed by atoms with Gasteiger partial charge in [0.2, 0.25) is 0 Å². The molecule has 0 aliphatic carbocycles. The number of ether oxygens (including phenoxy) is 1. The molecule has 1 atom stereocenters. The van der Waals surface area contributed by atoms with Gasteiger partial charge in [0, 0.05) is 46.8 Å². The van der Waals surface area contributed by atoms with Crippen molar-refractivity contribution >= 4 is 5.96 Å². The van der Waals surface area contributed by atoms with Crippen LogP contribution in [0.4, 0.5) is 0 Å². The second-order valence-corrected chi connectivity index (χ2v) is 6.91. The van der Waals surface area contributed by atoms with Gasteiger partial charge in [-0.15, -0.1) is 0 Å². The van der Waals surface area contributed by atoms with Gasteiger partial charge in [0.1, 0.15) is 0 Å². The highest BCUT2D eigenvalue weighted by Crippen LogP contribution is 2.12. The van der Waals surface area contributed by atoms with E-state index in [9.17, 15) is 0 Å². The molecule has 1 aromatic carbocycles. The molecule has 2 rings (SSSR count).